The number of fused-ring (bicyclic) bond motifs is 1. The standard InChI is InChI=1S/C29H38N10O14P2S2/c1-13-7-38(29(44)36-27(13)42)23-6-16(53-54(45,56)47-9-18-14(41)4-21(50-18)39-12-34-24-25(31)32-11-33-26(24)39)19(51-23)10-48-55(46,57)52-15-5-22(49-17(15)8-40)37-3-2-20(30)35-28(37)43/h2-3,7,11-12,14-19,21-23,40-41H,4-6,8-10H2,1H3,(H,45,56)(H,46,57)(H2,30,35,43)(H2,31,32,33)(H,36,42,44)/p-2/t14?,15?,16?,17-,18-,19-,21-,22-,23-,54?,55?/m1/s1. The van der Waals surface area contributed by atoms with Crippen molar-refractivity contribution in [3.8, 4) is 0 Å². The lowest BCUT2D eigenvalue weighted by atomic mass is 10.2. The maximum atomic E-state index is 13.6. The van der Waals surface area contributed by atoms with Crippen LogP contribution in [0.5, 0.6) is 0 Å². The molecule has 7 heterocycles. The molecule has 0 spiro atoms. The van der Waals surface area contributed by atoms with E-state index in [0.717, 1.165) is 9.13 Å². The van der Waals surface area contributed by atoms with Crippen LogP contribution in [0.1, 0.15) is 43.5 Å². The first-order chi connectivity index (χ1) is 27.0. The highest BCUT2D eigenvalue weighted by molar-refractivity contribution is 8.32. The van der Waals surface area contributed by atoms with Crippen molar-refractivity contribution in [1.82, 2.24) is 38.6 Å². The molecule has 3 saturated heterocycles. The SMILES string of the molecule is Cc1cn([C@H]2CC(OP(=O)([S-])OC[C@H]3O[C@@H](n4cnc5c(N)ncnc54)CC3O)[C@@H](COP([O-])(=S)OC3C[C@H](n4ccc(N)nc4=O)O[C@@H]3CO)O2)c(=O)[nH]c1=O. The normalized spacial score (nSPS) is 29.8. The second-order valence-corrected chi connectivity index (χ2v) is 18.6. The highest BCUT2D eigenvalue weighted by atomic mass is 32.7. The fourth-order valence-corrected chi connectivity index (χ4v) is 9.48. The minimum atomic E-state index is -4.43. The fraction of sp³-hybridized carbons (Fsp3) is 0.552. The van der Waals surface area contributed by atoms with Gasteiger partial charge in [0.05, 0.1) is 44.5 Å². The Hall–Kier alpha value is -3.46. The number of ether oxygens (including phenoxy) is 3. The molecule has 28 heteroatoms. The third-order valence-electron chi connectivity index (χ3n) is 9.38. The number of aromatic nitrogens is 8. The van der Waals surface area contributed by atoms with Crippen molar-refractivity contribution in [3.63, 3.8) is 0 Å². The summed E-state index contributed by atoms with van der Waals surface area (Å²) in [7, 11) is 0. The molecule has 7 N–H and O–H groups in total. The molecule has 0 amide bonds. The van der Waals surface area contributed by atoms with Crippen LogP contribution in [0.25, 0.3) is 11.2 Å². The molecule has 0 radical (unpaired) electrons. The quantitative estimate of drug-likeness (QED) is 0.0701. The van der Waals surface area contributed by atoms with Crippen molar-refractivity contribution >= 4 is 60.4 Å². The molecule has 0 aromatic carbocycles. The predicted octanol–water partition coefficient (Wildman–Crippen LogP) is -1.63. The highest BCUT2D eigenvalue weighted by Gasteiger charge is 2.43. The van der Waals surface area contributed by atoms with Gasteiger partial charge < -0.3 is 71.1 Å². The minimum absolute atomic E-state index is 0.0134. The van der Waals surface area contributed by atoms with Gasteiger partial charge in [-0.3, -0.25) is 28.0 Å². The van der Waals surface area contributed by atoms with Crippen molar-refractivity contribution in [1.29, 1.82) is 0 Å². The van der Waals surface area contributed by atoms with E-state index in [1.807, 2.05) is 0 Å². The zero-order valence-corrected chi connectivity index (χ0v) is 33.0. The summed E-state index contributed by atoms with van der Waals surface area (Å²) in [6.45, 7) is -9.07. The molecule has 3 aliphatic rings. The van der Waals surface area contributed by atoms with Gasteiger partial charge in [0.2, 0.25) is 0 Å². The van der Waals surface area contributed by atoms with Crippen LogP contribution in [0.15, 0.2) is 45.5 Å². The molecule has 0 saturated carbocycles. The van der Waals surface area contributed by atoms with Crippen molar-refractivity contribution in [2.45, 2.75) is 81.5 Å². The smallest absolute Gasteiger partial charge is 0.351 e. The van der Waals surface area contributed by atoms with Crippen LogP contribution in [-0.2, 0) is 60.9 Å². The number of nitrogens with two attached hydrogens (primary N) is 2. The fourth-order valence-electron chi connectivity index (χ4n) is 6.56. The van der Waals surface area contributed by atoms with Gasteiger partial charge in [0.1, 0.15) is 61.4 Å². The summed E-state index contributed by atoms with van der Waals surface area (Å²) in [6.07, 6.45) is -4.51. The highest BCUT2D eigenvalue weighted by Crippen LogP contribution is 2.52. The number of nitrogens with zero attached hydrogens (tertiary/aromatic N) is 7. The van der Waals surface area contributed by atoms with E-state index in [2.05, 4.69) is 24.9 Å². The third kappa shape index (κ3) is 9.24. The van der Waals surface area contributed by atoms with E-state index in [-0.39, 0.29) is 36.5 Å². The number of hydrogen-bond acceptors (Lipinski definition) is 22. The van der Waals surface area contributed by atoms with Gasteiger partial charge in [0.15, 0.2) is 18.3 Å². The lowest BCUT2D eigenvalue weighted by Crippen LogP contribution is -2.33. The number of nitrogen functional groups attached to an aromatic ring is 2. The maximum Gasteiger partial charge on any atom is 0.351 e. The predicted molar refractivity (Wildman–Crippen MR) is 198 cm³/mol. The van der Waals surface area contributed by atoms with Crippen LogP contribution >= 0.6 is 13.5 Å². The number of aliphatic hydroxyl groups excluding tert-OH is 2. The van der Waals surface area contributed by atoms with Crippen LogP contribution in [-0.4, -0.2) is 105 Å². The minimum Gasteiger partial charge on any atom is -0.780 e. The first kappa shape index (κ1) is 41.7. The number of aryl methyl sites for hydroxylation is 1. The first-order valence-corrected chi connectivity index (χ1v) is 22.2. The molecule has 4 aromatic rings. The number of hydrogen-bond donors (Lipinski definition) is 5. The summed E-state index contributed by atoms with van der Waals surface area (Å²) in [6, 6.07) is 1.37. The molecular weight excluding hydrogens is 838 g/mol. The van der Waals surface area contributed by atoms with Gasteiger partial charge >= 0.3 is 11.4 Å². The van der Waals surface area contributed by atoms with Gasteiger partial charge in [-0.15, -0.1) is 0 Å². The summed E-state index contributed by atoms with van der Waals surface area (Å²) in [5, 5.41) is 20.7. The molecule has 11 atom stereocenters. The summed E-state index contributed by atoms with van der Waals surface area (Å²) in [4.78, 5) is 68.8. The molecule has 310 valence electrons. The topological polar surface area (TPSA) is 331 Å². The second kappa shape index (κ2) is 16.7. The first-order valence-electron chi connectivity index (χ1n) is 17.1. The summed E-state index contributed by atoms with van der Waals surface area (Å²) in [5.74, 6) is 0.145. The van der Waals surface area contributed by atoms with Gasteiger partial charge in [0, 0.05) is 37.2 Å². The maximum absolute atomic E-state index is 13.6. The van der Waals surface area contributed by atoms with Gasteiger partial charge in [0.25, 0.3) is 5.56 Å². The summed E-state index contributed by atoms with van der Waals surface area (Å²) >= 11 is 10.4. The zero-order chi connectivity index (χ0) is 40.8. The van der Waals surface area contributed by atoms with E-state index in [1.165, 1.54) is 38.0 Å². The van der Waals surface area contributed by atoms with Crippen molar-refractivity contribution in [3.05, 3.63) is 68.0 Å². The number of H-pyrrole nitrogens is 1. The summed E-state index contributed by atoms with van der Waals surface area (Å²) in [5.41, 5.74) is 10.2. The Morgan fingerprint density at radius 1 is 0.982 bits per heavy atom. The number of rotatable bonds is 14. The van der Waals surface area contributed by atoms with Gasteiger partial charge in [-0.05, 0) is 13.0 Å². The Bertz CT molecular complexity index is 2400. The molecular formula is C29H36N10O14P2S2-2. The van der Waals surface area contributed by atoms with E-state index in [1.54, 1.807) is 4.57 Å². The number of imidazole rings is 1. The molecule has 3 fully saturated rings. The van der Waals surface area contributed by atoms with Crippen LogP contribution < -0.4 is 33.3 Å². The van der Waals surface area contributed by atoms with Gasteiger partial charge in [-0.1, -0.05) is 11.8 Å². The van der Waals surface area contributed by atoms with Crippen LogP contribution in [0.3, 0.4) is 0 Å². The van der Waals surface area contributed by atoms with E-state index in [9.17, 15) is 34.1 Å². The molecule has 5 unspecified atom stereocenters. The number of anilines is 2. The van der Waals surface area contributed by atoms with E-state index in [4.69, 9.17) is 67.8 Å². The molecule has 7 rings (SSSR count). The molecule has 24 nitrogen and oxygen atoms in total. The molecule has 3 aliphatic heterocycles. The third-order valence-corrected chi connectivity index (χ3v) is 12.5. The Morgan fingerprint density at radius 2 is 1.65 bits per heavy atom. The zero-order valence-electron chi connectivity index (χ0n) is 29.6. The van der Waals surface area contributed by atoms with Gasteiger partial charge in [-0.25, -0.2) is 24.5 Å². The number of nitrogens with one attached hydrogen (secondary N) is 1. The van der Waals surface area contributed by atoms with E-state index >= 15 is 0 Å². The van der Waals surface area contributed by atoms with Crippen molar-refractivity contribution in [2.24, 2.45) is 0 Å². The molecule has 57 heavy (non-hydrogen) atoms. The molecule has 0 aliphatic carbocycles. The second-order valence-electron chi connectivity index (χ2n) is 13.2. The average molecular weight is 875 g/mol. The van der Waals surface area contributed by atoms with Gasteiger partial charge in [-0.2, -0.15) is 4.98 Å². The Balaban J connectivity index is 1.02. The Kier molecular flexibility index (Phi) is 12.2. The number of aromatic amines is 1. The largest absolute Gasteiger partial charge is 0.780 e. The van der Waals surface area contributed by atoms with E-state index < -0.39 is 106 Å². The summed E-state index contributed by atoms with van der Waals surface area (Å²) < 4.78 is 57.4. The monoisotopic (exact) mass is 874 g/mol. The lowest BCUT2D eigenvalue weighted by Gasteiger charge is -2.34. The van der Waals surface area contributed by atoms with E-state index in [0.29, 0.717) is 11.2 Å². The lowest BCUT2D eigenvalue weighted by molar-refractivity contribution is -0.215. The average Bonchev–Trinajstić information content (AvgIpc) is 3.93. The molecule has 0 bridgehead atoms. The van der Waals surface area contributed by atoms with Crippen molar-refractivity contribution < 1.29 is 52.0 Å². The van der Waals surface area contributed by atoms with Crippen molar-refractivity contribution in [2.75, 3.05) is 31.3 Å². The van der Waals surface area contributed by atoms with Crippen LogP contribution in [0.4, 0.5) is 11.6 Å². The van der Waals surface area contributed by atoms with Crippen LogP contribution in [0.2, 0.25) is 0 Å². The Morgan fingerprint density at radius 3 is 2.39 bits per heavy atom. The molecule has 4 aromatic heterocycles. The Labute approximate surface area is 331 Å². The van der Waals surface area contributed by atoms with Crippen LogP contribution in [0, 0.1) is 6.92 Å². The number of aliphatic hydroxyl groups is 2.